The van der Waals surface area contributed by atoms with Crippen LogP contribution in [0.3, 0.4) is 0 Å². The minimum atomic E-state index is 0.895. The molecule has 4 rings (SSSR count). The predicted octanol–water partition coefficient (Wildman–Crippen LogP) is 3.49. The Hall–Kier alpha value is -1.96. The molecule has 1 aromatic carbocycles. The van der Waals surface area contributed by atoms with E-state index in [0.29, 0.717) is 0 Å². The molecule has 0 atom stereocenters. The molecule has 3 aromatic heterocycles. The maximum absolute atomic E-state index is 4.35. The van der Waals surface area contributed by atoms with Gasteiger partial charge < -0.3 is 0 Å². The van der Waals surface area contributed by atoms with Gasteiger partial charge in [0.05, 0.1) is 5.52 Å². The zero-order valence-electron chi connectivity index (χ0n) is 11.6. The number of hydrogen-bond acceptors (Lipinski definition) is 3. The monoisotopic (exact) mass is 389 g/mol. The number of pyridine rings is 1. The Morgan fingerprint density at radius 2 is 2.00 bits per heavy atom. The van der Waals surface area contributed by atoms with Crippen LogP contribution in [0.25, 0.3) is 27.7 Å². The number of benzene rings is 1. The normalized spacial score (nSPS) is 11.6. The molecule has 0 bridgehead atoms. The van der Waals surface area contributed by atoms with Crippen molar-refractivity contribution in [3.8, 4) is 11.1 Å². The van der Waals surface area contributed by atoms with Gasteiger partial charge in [0, 0.05) is 17.1 Å². The van der Waals surface area contributed by atoms with Crippen molar-refractivity contribution < 1.29 is 0 Å². The summed E-state index contributed by atoms with van der Waals surface area (Å²) in [4.78, 5) is 4.26. The van der Waals surface area contributed by atoms with Crippen molar-refractivity contribution >= 4 is 39.1 Å². The van der Waals surface area contributed by atoms with Crippen LogP contribution in [0.1, 0.15) is 11.1 Å². The highest BCUT2D eigenvalue weighted by Crippen LogP contribution is 2.30. The Morgan fingerprint density at radius 3 is 2.86 bits per heavy atom. The summed E-state index contributed by atoms with van der Waals surface area (Å²) < 4.78 is 2.89. The van der Waals surface area contributed by atoms with Crippen LogP contribution >= 0.6 is 22.6 Å². The number of rotatable bonds is 1. The smallest absolute Gasteiger partial charge is 0.158 e. The lowest BCUT2D eigenvalue weighted by Crippen LogP contribution is -1.93. The first-order valence-corrected chi connectivity index (χ1v) is 7.66. The average molecular weight is 389 g/mol. The molecule has 4 aromatic rings. The molecule has 0 amide bonds. The number of nitrogens with zero attached hydrogens (tertiary/aromatic N) is 4. The summed E-state index contributed by atoms with van der Waals surface area (Å²) >= 11 is 2.27. The average Bonchev–Trinajstić information content (AvgIpc) is 3.06. The molecule has 0 aliphatic rings. The van der Waals surface area contributed by atoms with Crippen molar-refractivity contribution in [3.63, 3.8) is 0 Å². The number of fused-ring (bicyclic) bond motifs is 2. The summed E-state index contributed by atoms with van der Waals surface area (Å²) in [6, 6.07) is 6.45. The van der Waals surface area contributed by atoms with Gasteiger partial charge in [-0.25, -0.2) is 9.50 Å². The number of aromatic nitrogens is 5. The SMILES string of the molecule is Cc1cc2c(I)[nH]nc2cc1-c1cc(C)c2ncnn2c1. The number of aryl methyl sites for hydroxylation is 2. The summed E-state index contributed by atoms with van der Waals surface area (Å²) in [5, 5.41) is 12.8. The van der Waals surface area contributed by atoms with E-state index in [1.165, 1.54) is 11.1 Å². The summed E-state index contributed by atoms with van der Waals surface area (Å²) in [6.45, 7) is 4.18. The topological polar surface area (TPSA) is 58.9 Å². The lowest BCUT2D eigenvalue weighted by Gasteiger charge is -2.08. The van der Waals surface area contributed by atoms with E-state index in [4.69, 9.17) is 0 Å². The van der Waals surface area contributed by atoms with E-state index in [2.05, 4.69) is 74.9 Å². The fraction of sp³-hybridized carbons (Fsp3) is 0.133. The van der Waals surface area contributed by atoms with Crippen LogP contribution in [0.5, 0.6) is 0 Å². The highest BCUT2D eigenvalue weighted by molar-refractivity contribution is 14.1. The Morgan fingerprint density at radius 1 is 1.14 bits per heavy atom. The van der Waals surface area contributed by atoms with E-state index in [-0.39, 0.29) is 0 Å². The highest BCUT2D eigenvalue weighted by Gasteiger charge is 2.11. The van der Waals surface area contributed by atoms with Gasteiger partial charge in [0.1, 0.15) is 10.0 Å². The van der Waals surface area contributed by atoms with Gasteiger partial charge in [-0.1, -0.05) is 0 Å². The van der Waals surface area contributed by atoms with Crippen molar-refractivity contribution in [1.82, 2.24) is 24.8 Å². The summed E-state index contributed by atoms with van der Waals surface area (Å²) in [7, 11) is 0. The van der Waals surface area contributed by atoms with Crippen LogP contribution in [0, 0.1) is 17.5 Å². The first kappa shape index (κ1) is 12.8. The molecule has 0 aliphatic carbocycles. The number of H-pyrrole nitrogens is 1. The molecular weight excluding hydrogens is 377 g/mol. The summed E-state index contributed by atoms with van der Waals surface area (Å²) in [5.74, 6) is 0. The largest absolute Gasteiger partial charge is 0.271 e. The quantitative estimate of drug-likeness (QED) is 0.507. The van der Waals surface area contributed by atoms with Gasteiger partial charge in [-0.3, -0.25) is 5.10 Å². The minimum absolute atomic E-state index is 0.895. The van der Waals surface area contributed by atoms with Gasteiger partial charge in [-0.15, -0.1) is 0 Å². The maximum atomic E-state index is 4.35. The van der Waals surface area contributed by atoms with Crippen LogP contribution in [-0.2, 0) is 0 Å². The van der Waals surface area contributed by atoms with Gasteiger partial charge in [-0.05, 0) is 71.3 Å². The number of aromatic amines is 1. The van der Waals surface area contributed by atoms with Gasteiger partial charge in [0.25, 0.3) is 0 Å². The van der Waals surface area contributed by atoms with E-state index in [1.807, 2.05) is 10.7 Å². The molecule has 0 spiro atoms. The third-order valence-corrected chi connectivity index (χ3v) is 4.55. The lowest BCUT2D eigenvalue weighted by atomic mass is 9.99. The van der Waals surface area contributed by atoms with Gasteiger partial charge >= 0.3 is 0 Å². The highest BCUT2D eigenvalue weighted by atomic mass is 127. The van der Waals surface area contributed by atoms with Crippen LogP contribution in [-0.4, -0.2) is 24.8 Å². The van der Waals surface area contributed by atoms with Crippen LogP contribution in [0.4, 0.5) is 0 Å². The van der Waals surface area contributed by atoms with Crippen molar-refractivity contribution in [2.45, 2.75) is 13.8 Å². The fourth-order valence-corrected chi connectivity index (χ4v) is 3.24. The molecular formula is C15H12IN5. The molecule has 1 N–H and O–H groups in total. The molecule has 0 aliphatic heterocycles. The molecule has 0 unspecified atom stereocenters. The van der Waals surface area contributed by atoms with Gasteiger partial charge in [0.2, 0.25) is 0 Å². The van der Waals surface area contributed by atoms with Crippen molar-refractivity contribution in [3.05, 3.63) is 45.6 Å². The Balaban J connectivity index is 2.00. The number of nitrogens with one attached hydrogen (secondary N) is 1. The van der Waals surface area contributed by atoms with Crippen LogP contribution in [0.2, 0.25) is 0 Å². The third kappa shape index (κ3) is 1.93. The Kier molecular flexibility index (Phi) is 2.75. The standard InChI is InChI=1S/C15H12IN5/c1-8-4-12-13(19-20-14(12)16)5-11(8)10-3-9(2)15-17-7-18-21(15)6-10/h3-7H,1-2H3,(H,19,20). The zero-order chi connectivity index (χ0) is 14.6. The maximum Gasteiger partial charge on any atom is 0.158 e. The molecule has 21 heavy (non-hydrogen) atoms. The van der Waals surface area contributed by atoms with Gasteiger partial charge in [0.15, 0.2) is 5.65 Å². The van der Waals surface area contributed by atoms with E-state index in [1.54, 1.807) is 6.33 Å². The van der Waals surface area contributed by atoms with Crippen molar-refractivity contribution in [2.24, 2.45) is 0 Å². The van der Waals surface area contributed by atoms with Crippen molar-refractivity contribution in [1.29, 1.82) is 0 Å². The van der Waals surface area contributed by atoms with Crippen LogP contribution < -0.4 is 0 Å². The molecule has 5 nitrogen and oxygen atoms in total. The number of halogens is 1. The fourth-order valence-electron chi connectivity index (χ4n) is 2.69. The number of hydrogen-bond donors (Lipinski definition) is 1. The van der Waals surface area contributed by atoms with Crippen molar-refractivity contribution in [2.75, 3.05) is 0 Å². The van der Waals surface area contributed by atoms with E-state index in [9.17, 15) is 0 Å². The van der Waals surface area contributed by atoms with E-state index in [0.717, 1.165) is 31.4 Å². The van der Waals surface area contributed by atoms with Gasteiger partial charge in [-0.2, -0.15) is 10.2 Å². The molecule has 0 radical (unpaired) electrons. The molecule has 6 heteroatoms. The van der Waals surface area contributed by atoms with E-state index < -0.39 is 0 Å². The first-order chi connectivity index (χ1) is 10.1. The lowest BCUT2D eigenvalue weighted by molar-refractivity contribution is 0.957. The second-order valence-corrected chi connectivity index (χ2v) is 6.24. The minimum Gasteiger partial charge on any atom is -0.271 e. The van der Waals surface area contributed by atoms with E-state index >= 15 is 0 Å². The molecule has 104 valence electrons. The Labute approximate surface area is 134 Å². The first-order valence-electron chi connectivity index (χ1n) is 6.58. The van der Waals surface area contributed by atoms with Crippen LogP contribution in [0.15, 0.2) is 30.7 Å². The second kappa shape index (κ2) is 4.52. The molecule has 0 saturated carbocycles. The summed E-state index contributed by atoms with van der Waals surface area (Å²) in [5.41, 5.74) is 6.51. The summed E-state index contributed by atoms with van der Waals surface area (Å²) in [6.07, 6.45) is 3.60. The predicted molar refractivity (Wildman–Crippen MR) is 90.3 cm³/mol. The molecule has 0 fully saturated rings. The Bertz CT molecular complexity index is 982. The zero-order valence-corrected chi connectivity index (χ0v) is 13.7. The third-order valence-electron chi connectivity index (χ3n) is 3.72. The molecule has 3 heterocycles. The second-order valence-electron chi connectivity index (χ2n) is 5.16. The molecule has 0 saturated heterocycles.